The summed E-state index contributed by atoms with van der Waals surface area (Å²) in [6.45, 7) is 0. The highest BCUT2D eigenvalue weighted by Crippen LogP contribution is 2.30. The molecule has 0 bridgehead atoms. The summed E-state index contributed by atoms with van der Waals surface area (Å²) in [5.41, 5.74) is 0.298. The molecule has 0 unspecified atom stereocenters. The van der Waals surface area contributed by atoms with Crippen LogP contribution in [0.15, 0.2) is 46.4 Å². The lowest BCUT2D eigenvalue weighted by molar-refractivity contribution is -0.122. The number of para-hydroxylation sites is 2. The third-order valence-electron chi connectivity index (χ3n) is 3.48. The van der Waals surface area contributed by atoms with Gasteiger partial charge in [0, 0.05) is 0 Å². The molecule has 3 rings (SSSR count). The Balaban J connectivity index is 2.04. The van der Waals surface area contributed by atoms with Gasteiger partial charge in [-0.1, -0.05) is 12.1 Å². The van der Waals surface area contributed by atoms with Crippen LogP contribution >= 0.6 is 12.2 Å². The van der Waals surface area contributed by atoms with E-state index in [0.29, 0.717) is 23.0 Å². The maximum Gasteiger partial charge on any atom is 0.270 e. The summed E-state index contributed by atoms with van der Waals surface area (Å²) >= 11 is 5.15. The minimum Gasteiger partial charge on any atom is -0.495 e. The van der Waals surface area contributed by atoms with Crippen LogP contribution in [0.25, 0.3) is 6.08 Å². The topological polar surface area (TPSA) is 71.8 Å². The lowest BCUT2D eigenvalue weighted by Gasteiger charge is -2.29. The summed E-state index contributed by atoms with van der Waals surface area (Å²) in [5.74, 6) is 2.17. The lowest BCUT2D eigenvalue weighted by Crippen LogP contribution is -2.54. The summed E-state index contributed by atoms with van der Waals surface area (Å²) < 4.78 is 10.6. The van der Waals surface area contributed by atoms with Crippen LogP contribution in [0, 0.1) is 12.3 Å². The van der Waals surface area contributed by atoms with E-state index in [-0.39, 0.29) is 10.7 Å². The smallest absolute Gasteiger partial charge is 0.270 e. The van der Waals surface area contributed by atoms with Gasteiger partial charge in [-0.3, -0.25) is 14.9 Å². The molecule has 25 heavy (non-hydrogen) atoms. The number of thiocarbonyl (C=S) groups is 1. The van der Waals surface area contributed by atoms with E-state index in [1.54, 1.807) is 36.4 Å². The van der Waals surface area contributed by atoms with Gasteiger partial charge in [0.25, 0.3) is 11.8 Å². The molecule has 1 aromatic carbocycles. The van der Waals surface area contributed by atoms with E-state index < -0.39 is 11.8 Å². The van der Waals surface area contributed by atoms with Gasteiger partial charge >= 0.3 is 0 Å². The molecule has 0 radical (unpaired) electrons. The number of furan rings is 1. The number of carbonyl (C=O) groups is 2. The number of nitrogens with zero attached hydrogens (tertiary/aromatic N) is 1. The van der Waals surface area contributed by atoms with E-state index in [1.807, 2.05) is 0 Å². The van der Waals surface area contributed by atoms with E-state index in [1.165, 1.54) is 18.1 Å². The third kappa shape index (κ3) is 3.03. The summed E-state index contributed by atoms with van der Waals surface area (Å²) in [5, 5.41) is 2.47. The highest BCUT2D eigenvalue weighted by atomic mass is 32.1. The molecule has 0 aliphatic carbocycles. The first-order valence-corrected chi connectivity index (χ1v) is 7.57. The second-order valence-corrected chi connectivity index (χ2v) is 5.36. The fourth-order valence-electron chi connectivity index (χ4n) is 2.34. The van der Waals surface area contributed by atoms with Crippen LogP contribution in [0.5, 0.6) is 5.75 Å². The van der Waals surface area contributed by atoms with Crippen molar-refractivity contribution < 1.29 is 18.7 Å². The normalized spacial score (nSPS) is 15.9. The van der Waals surface area contributed by atoms with Crippen LogP contribution in [0.4, 0.5) is 5.69 Å². The monoisotopic (exact) mass is 352 g/mol. The Kier molecular flexibility index (Phi) is 4.37. The molecule has 1 aliphatic heterocycles. The Labute approximate surface area is 149 Å². The summed E-state index contributed by atoms with van der Waals surface area (Å²) in [4.78, 5) is 26.3. The van der Waals surface area contributed by atoms with Crippen molar-refractivity contribution in [1.82, 2.24) is 5.32 Å². The Hall–Kier alpha value is -3.37. The van der Waals surface area contributed by atoms with Crippen molar-refractivity contribution in [2.45, 2.75) is 0 Å². The van der Waals surface area contributed by atoms with Crippen molar-refractivity contribution in [2.75, 3.05) is 12.0 Å². The van der Waals surface area contributed by atoms with E-state index in [9.17, 15) is 9.59 Å². The number of anilines is 1. The van der Waals surface area contributed by atoms with Gasteiger partial charge in [-0.2, -0.15) is 0 Å². The molecule has 1 fully saturated rings. The third-order valence-corrected chi connectivity index (χ3v) is 3.77. The van der Waals surface area contributed by atoms with Gasteiger partial charge < -0.3 is 9.15 Å². The van der Waals surface area contributed by atoms with Crippen LogP contribution < -0.4 is 15.0 Å². The largest absolute Gasteiger partial charge is 0.495 e. The number of carbonyl (C=O) groups excluding carboxylic acids is 2. The second-order valence-electron chi connectivity index (χ2n) is 4.98. The molecule has 0 atom stereocenters. The quantitative estimate of drug-likeness (QED) is 0.396. The van der Waals surface area contributed by atoms with E-state index in [0.717, 1.165) is 0 Å². The molecule has 7 heteroatoms. The first-order valence-electron chi connectivity index (χ1n) is 7.16. The molecular weight excluding hydrogens is 340 g/mol. The van der Waals surface area contributed by atoms with Gasteiger partial charge in [-0.05, 0) is 48.5 Å². The Morgan fingerprint density at radius 3 is 2.72 bits per heavy atom. The Bertz CT molecular complexity index is 952. The number of rotatable bonds is 3. The highest BCUT2D eigenvalue weighted by molar-refractivity contribution is 7.80. The van der Waals surface area contributed by atoms with Gasteiger partial charge in [0.15, 0.2) is 10.9 Å². The lowest BCUT2D eigenvalue weighted by atomic mass is 10.1. The molecule has 0 spiro atoms. The Morgan fingerprint density at radius 2 is 2.04 bits per heavy atom. The number of amides is 2. The maximum absolute atomic E-state index is 12.9. The highest BCUT2D eigenvalue weighted by Gasteiger charge is 2.36. The molecule has 1 aromatic heterocycles. The van der Waals surface area contributed by atoms with E-state index >= 15 is 0 Å². The molecule has 2 amide bonds. The predicted octanol–water partition coefficient (Wildman–Crippen LogP) is 2.10. The molecule has 1 N–H and O–H groups in total. The fraction of sp³-hybridized carbons (Fsp3) is 0.0556. The average Bonchev–Trinajstić information content (AvgIpc) is 3.06. The number of hydrogen-bond acceptors (Lipinski definition) is 5. The number of nitrogens with one attached hydrogen (secondary N) is 1. The number of methoxy groups -OCH3 is 1. The van der Waals surface area contributed by atoms with Crippen molar-refractivity contribution in [2.24, 2.45) is 0 Å². The zero-order valence-electron chi connectivity index (χ0n) is 13.1. The SMILES string of the molecule is C#Cc1ccc(C=C2C(=O)NC(=S)N(c3ccccc3OC)C2=O)o1. The molecular formula is C18H12N2O4S. The van der Waals surface area contributed by atoms with Crippen molar-refractivity contribution in [3.8, 4) is 18.1 Å². The standard InChI is InChI=1S/C18H12N2O4S/c1-3-11-8-9-12(24-11)10-13-16(21)19-18(25)20(17(13)22)14-6-4-5-7-15(14)23-2/h1,4-10H,2H3,(H,19,21,25). The average molecular weight is 352 g/mol. The van der Waals surface area contributed by atoms with Crippen molar-refractivity contribution >= 4 is 40.9 Å². The Morgan fingerprint density at radius 1 is 1.28 bits per heavy atom. The zero-order chi connectivity index (χ0) is 18.0. The fourth-order valence-corrected chi connectivity index (χ4v) is 2.61. The minimum absolute atomic E-state index is 0.0274. The molecule has 1 saturated heterocycles. The number of ether oxygens (including phenoxy) is 1. The first-order chi connectivity index (χ1) is 12.0. The number of benzene rings is 1. The maximum atomic E-state index is 12.9. The molecule has 2 aromatic rings. The second kappa shape index (κ2) is 6.63. The minimum atomic E-state index is -0.611. The van der Waals surface area contributed by atoms with Gasteiger partial charge in [0.05, 0.1) is 12.8 Å². The predicted molar refractivity (Wildman–Crippen MR) is 95.8 cm³/mol. The van der Waals surface area contributed by atoms with E-state index in [2.05, 4.69) is 11.2 Å². The van der Waals surface area contributed by atoms with Gasteiger partial charge in [-0.15, -0.1) is 6.42 Å². The van der Waals surface area contributed by atoms with Gasteiger partial charge in [0.1, 0.15) is 17.1 Å². The van der Waals surface area contributed by atoms with E-state index in [4.69, 9.17) is 27.8 Å². The van der Waals surface area contributed by atoms with Crippen LogP contribution in [0.3, 0.4) is 0 Å². The van der Waals surface area contributed by atoms with Crippen molar-refractivity contribution in [3.05, 3.63) is 53.5 Å². The first kappa shape index (κ1) is 16.5. The summed E-state index contributed by atoms with van der Waals surface area (Å²) in [6, 6.07) is 10.0. The molecule has 6 nitrogen and oxygen atoms in total. The number of hydrogen-bond donors (Lipinski definition) is 1. The molecule has 0 saturated carbocycles. The van der Waals surface area contributed by atoms with Crippen molar-refractivity contribution in [1.29, 1.82) is 0 Å². The van der Waals surface area contributed by atoms with Crippen LogP contribution in [-0.2, 0) is 9.59 Å². The molecule has 124 valence electrons. The van der Waals surface area contributed by atoms with Crippen LogP contribution in [-0.4, -0.2) is 24.0 Å². The molecule has 1 aliphatic rings. The van der Waals surface area contributed by atoms with Crippen LogP contribution in [0.2, 0.25) is 0 Å². The summed E-state index contributed by atoms with van der Waals surface area (Å²) in [7, 11) is 1.48. The number of terminal acetylenes is 1. The summed E-state index contributed by atoms with van der Waals surface area (Å²) in [6.07, 6.45) is 6.57. The zero-order valence-corrected chi connectivity index (χ0v) is 13.9. The molecule has 2 heterocycles. The van der Waals surface area contributed by atoms with Crippen molar-refractivity contribution in [3.63, 3.8) is 0 Å². The van der Waals surface area contributed by atoms with Gasteiger partial charge in [-0.25, -0.2) is 4.90 Å². The van der Waals surface area contributed by atoms with Crippen LogP contribution in [0.1, 0.15) is 11.5 Å². The van der Waals surface area contributed by atoms with Gasteiger partial charge in [0.2, 0.25) is 0 Å².